The van der Waals surface area contributed by atoms with Gasteiger partial charge in [0.25, 0.3) is 0 Å². The molecule has 0 aromatic carbocycles. The number of hydrogen-bond acceptors (Lipinski definition) is 2. The van der Waals surface area contributed by atoms with Gasteiger partial charge in [0.05, 0.1) is 5.92 Å². The standard InChI is InChI=1S/C5H9NO2.ClH/c1-2-4(3-6)5(7)8;/h3-4,6H,2H2,1H3,(H,7,8);1H/t4-;/m0./s1. The Bertz CT molecular complexity index is 105. The van der Waals surface area contributed by atoms with E-state index in [4.69, 9.17) is 10.5 Å². The number of aliphatic carboxylic acids is 1. The van der Waals surface area contributed by atoms with Gasteiger partial charge in [0, 0.05) is 6.21 Å². The quantitative estimate of drug-likeness (QED) is 0.595. The van der Waals surface area contributed by atoms with Crippen molar-refractivity contribution in [1.82, 2.24) is 0 Å². The van der Waals surface area contributed by atoms with Crippen LogP contribution in [0.5, 0.6) is 0 Å². The van der Waals surface area contributed by atoms with Crippen LogP contribution in [0.3, 0.4) is 0 Å². The third-order valence-electron chi connectivity index (χ3n) is 0.958. The van der Waals surface area contributed by atoms with E-state index < -0.39 is 11.9 Å². The molecule has 9 heavy (non-hydrogen) atoms. The van der Waals surface area contributed by atoms with Crippen molar-refractivity contribution in [3.05, 3.63) is 0 Å². The van der Waals surface area contributed by atoms with Crippen LogP contribution in [0.1, 0.15) is 13.3 Å². The van der Waals surface area contributed by atoms with E-state index in [1.165, 1.54) is 0 Å². The molecule has 0 radical (unpaired) electrons. The average Bonchev–Trinajstić information content (AvgIpc) is 1.69. The molecule has 2 N–H and O–H groups in total. The number of rotatable bonds is 3. The zero-order valence-electron chi connectivity index (χ0n) is 5.13. The van der Waals surface area contributed by atoms with Gasteiger partial charge in [0.1, 0.15) is 0 Å². The largest absolute Gasteiger partial charge is 0.481 e. The molecule has 0 aliphatic rings. The molecule has 0 aromatic rings. The smallest absolute Gasteiger partial charge is 0.311 e. The third kappa shape index (κ3) is 3.97. The Hall–Kier alpha value is -0.570. The molecule has 0 saturated heterocycles. The number of carbonyl (C=O) groups is 1. The Morgan fingerprint density at radius 2 is 2.33 bits per heavy atom. The van der Waals surface area contributed by atoms with E-state index in [9.17, 15) is 4.79 Å². The summed E-state index contributed by atoms with van der Waals surface area (Å²) in [4.78, 5) is 10.0. The molecular weight excluding hydrogens is 142 g/mol. The third-order valence-corrected chi connectivity index (χ3v) is 0.958. The highest BCUT2D eigenvalue weighted by molar-refractivity contribution is 5.87. The van der Waals surface area contributed by atoms with E-state index >= 15 is 0 Å². The topological polar surface area (TPSA) is 61.2 Å². The van der Waals surface area contributed by atoms with Crippen molar-refractivity contribution in [2.75, 3.05) is 0 Å². The zero-order valence-corrected chi connectivity index (χ0v) is 5.94. The first-order chi connectivity index (χ1) is 3.72. The highest BCUT2D eigenvalue weighted by atomic mass is 35.5. The molecule has 0 spiro atoms. The molecule has 3 nitrogen and oxygen atoms in total. The number of hydrogen-bond donors (Lipinski definition) is 2. The lowest BCUT2D eigenvalue weighted by molar-refractivity contribution is -0.139. The van der Waals surface area contributed by atoms with Crippen molar-refractivity contribution in [2.45, 2.75) is 13.3 Å². The summed E-state index contributed by atoms with van der Waals surface area (Å²) in [5, 5.41) is 14.8. The molecule has 0 fully saturated rings. The van der Waals surface area contributed by atoms with Crippen LogP contribution >= 0.6 is 12.4 Å². The van der Waals surface area contributed by atoms with E-state index in [2.05, 4.69) is 0 Å². The minimum absolute atomic E-state index is 0. The van der Waals surface area contributed by atoms with Gasteiger partial charge in [-0.3, -0.25) is 4.79 Å². The molecule has 0 bridgehead atoms. The van der Waals surface area contributed by atoms with Gasteiger partial charge in [-0.15, -0.1) is 12.4 Å². The minimum Gasteiger partial charge on any atom is -0.481 e. The van der Waals surface area contributed by atoms with Crippen LogP contribution in [0.25, 0.3) is 0 Å². The van der Waals surface area contributed by atoms with Gasteiger partial charge in [-0.1, -0.05) is 6.92 Å². The van der Waals surface area contributed by atoms with Gasteiger partial charge >= 0.3 is 5.97 Å². The Kier molecular flexibility index (Phi) is 6.96. The summed E-state index contributed by atoms with van der Waals surface area (Å²) < 4.78 is 0. The van der Waals surface area contributed by atoms with Crippen LogP contribution in [0.15, 0.2) is 0 Å². The molecule has 0 aromatic heterocycles. The second kappa shape index (κ2) is 5.56. The molecule has 0 rings (SSSR count). The monoisotopic (exact) mass is 151 g/mol. The van der Waals surface area contributed by atoms with E-state index in [1.54, 1.807) is 6.92 Å². The first kappa shape index (κ1) is 11.3. The molecule has 54 valence electrons. The van der Waals surface area contributed by atoms with Crippen LogP contribution in [0.4, 0.5) is 0 Å². The lowest BCUT2D eigenvalue weighted by Crippen LogP contribution is -2.12. The summed E-state index contributed by atoms with van der Waals surface area (Å²) in [6.07, 6.45) is 1.45. The van der Waals surface area contributed by atoms with Crippen LogP contribution in [0.2, 0.25) is 0 Å². The SMILES string of the molecule is CC[C@@H](C=N)C(=O)O.Cl. The normalized spacial score (nSPS) is 11.2. The molecule has 0 amide bonds. The maximum atomic E-state index is 10.0. The minimum atomic E-state index is -0.914. The molecule has 0 saturated carbocycles. The van der Waals surface area contributed by atoms with Crippen LogP contribution in [-0.4, -0.2) is 17.3 Å². The van der Waals surface area contributed by atoms with Crippen molar-refractivity contribution in [3.63, 3.8) is 0 Å². The highest BCUT2D eigenvalue weighted by Gasteiger charge is 2.09. The second-order valence-electron chi connectivity index (χ2n) is 1.52. The van der Waals surface area contributed by atoms with Gasteiger partial charge in [-0.05, 0) is 6.42 Å². The van der Waals surface area contributed by atoms with E-state index in [0.29, 0.717) is 6.42 Å². The van der Waals surface area contributed by atoms with E-state index in [1.807, 2.05) is 0 Å². The maximum Gasteiger partial charge on any atom is 0.311 e. The summed E-state index contributed by atoms with van der Waals surface area (Å²) in [5.74, 6) is -1.50. The lowest BCUT2D eigenvalue weighted by Gasteiger charge is -1.97. The number of halogens is 1. The summed E-state index contributed by atoms with van der Waals surface area (Å²) in [6.45, 7) is 1.74. The average molecular weight is 152 g/mol. The van der Waals surface area contributed by atoms with Crippen molar-refractivity contribution in [2.24, 2.45) is 5.92 Å². The fourth-order valence-electron chi connectivity index (χ4n) is 0.364. The van der Waals surface area contributed by atoms with E-state index in [0.717, 1.165) is 6.21 Å². The first-order valence-electron chi connectivity index (χ1n) is 2.45. The van der Waals surface area contributed by atoms with E-state index in [-0.39, 0.29) is 12.4 Å². The Morgan fingerprint density at radius 3 is 2.33 bits per heavy atom. The van der Waals surface area contributed by atoms with Gasteiger partial charge in [0.2, 0.25) is 0 Å². The van der Waals surface area contributed by atoms with Crippen molar-refractivity contribution in [1.29, 1.82) is 5.41 Å². The molecule has 0 heterocycles. The second-order valence-corrected chi connectivity index (χ2v) is 1.52. The Balaban J connectivity index is 0. The predicted octanol–water partition coefficient (Wildman–Crippen LogP) is 1.17. The van der Waals surface area contributed by atoms with Gasteiger partial charge in [0.15, 0.2) is 0 Å². The molecule has 0 aliphatic heterocycles. The fraction of sp³-hybridized carbons (Fsp3) is 0.600. The molecule has 4 heteroatoms. The summed E-state index contributed by atoms with van der Waals surface area (Å²) >= 11 is 0. The number of carboxylic acids is 1. The molecule has 0 unspecified atom stereocenters. The fourth-order valence-corrected chi connectivity index (χ4v) is 0.364. The predicted molar refractivity (Wildman–Crippen MR) is 37.4 cm³/mol. The van der Waals surface area contributed by atoms with Gasteiger partial charge in [-0.25, -0.2) is 0 Å². The first-order valence-corrected chi connectivity index (χ1v) is 2.45. The van der Waals surface area contributed by atoms with Crippen LogP contribution in [-0.2, 0) is 4.79 Å². The van der Waals surface area contributed by atoms with Gasteiger partial charge in [-0.2, -0.15) is 0 Å². The summed E-state index contributed by atoms with van der Waals surface area (Å²) in [6, 6.07) is 0. The lowest BCUT2D eigenvalue weighted by atomic mass is 10.1. The molecule has 1 atom stereocenters. The van der Waals surface area contributed by atoms with Crippen molar-refractivity contribution >= 4 is 24.6 Å². The van der Waals surface area contributed by atoms with Crippen LogP contribution < -0.4 is 0 Å². The Labute approximate surface area is 60.0 Å². The number of carboxylic acid groups (broad SMARTS) is 1. The zero-order chi connectivity index (χ0) is 6.57. The summed E-state index contributed by atoms with van der Waals surface area (Å²) in [7, 11) is 0. The molecule has 0 aliphatic carbocycles. The Morgan fingerprint density at radius 1 is 1.89 bits per heavy atom. The van der Waals surface area contributed by atoms with Crippen molar-refractivity contribution in [3.8, 4) is 0 Å². The van der Waals surface area contributed by atoms with Crippen LogP contribution in [0, 0.1) is 11.3 Å². The van der Waals surface area contributed by atoms with Crippen molar-refractivity contribution < 1.29 is 9.90 Å². The van der Waals surface area contributed by atoms with Gasteiger partial charge < -0.3 is 10.5 Å². The highest BCUT2D eigenvalue weighted by Crippen LogP contribution is 1.96. The maximum absolute atomic E-state index is 10.0. The number of nitrogens with one attached hydrogen (secondary N) is 1. The molecular formula is C5H10ClNO2. The summed E-state index contributed by atoms with van der Waals surface area (Å²) in [5.41, 5.74) is 0.